The van der Waals surface area contributed by atoms with Crippen molar-refractivity contribution in [2.24, 2.45) is 0 Å². The molecule has 7 nitrogen and oxygen atoms in total. The van der Waals surface area contributed by atoms with E-state index in [1.165, 1.54) is 25.1 Å². The summed E-state index contributed by atoms with van der Waals surface area (Å²) >= 11 is 0. The van der Waals surface area contributed by atoms with Gasteiger partial charge in [0.1, 0.15) is 11.5 Å². The molecule has 1 aromatic rings. The highest BCUT2D eigenvalue weighted by Gasteiger charge is 2.22. The molecule has 0 fully saturated rings. The number of benzene rings is 1. The van der Waals surface area contributed by atoms with Gasteiger partial charge in [0.15, 0.2) is 5.78 Å². The van der Waals surface area contributed by atoms with Gasteiger partial charge in [0.25, 0.3) is 0 Å². The average Bonchev–Trinajstić information content (AvgIpc) is 2.85. The van der Waals surface area contributed by atoms with Crippen molar-refractivity contribution in [3.8, 4) is 5.75 Å². The molecule has 0 saturated heterocycles. The molecule has 1 rings (SSSR count). The van der Waals surface area contributed by atoms with Gasteiger partial charge < -0.3 is 4.74 Å². The van der Waals surface area contributed by atoms with Gasteiger partial charge in [0.2, 0.25) is 15.9 Å². The van der Waals surface area contributed by atoms with Gasteiger partial charge in [0, 0.05) is 13.3 Å². The van der Waals surface area contributed by atoms with Crippen LogP contribution in [0, 0.1) is 0 Å². The molecule has 1 aromatic carbocycles. The Morgan fingerprint density at radius 2 is 1.34 bits per heavy atom. The number of rotatable bonds is 18. The van der Waals surface area contributed by atoms with E-state index in [0.29, 0.717) is 12.8 Å². The number of amides is 1. The van der Waals surface area contributed by atoms with E-state index in [-0.39, 0.29) is 17.7 Å². The molecule has 0 aliphatic rings. The minimum Gasteiger partial charge on any atom is -0.426 e. The van der Waals surface area contributed by atoms with Crippen LogP contribution in [0.15, 0.2) is 85.0 Å². The van der Waals surface area contributed by atoms with E-state index in [0.717, 1.165) is 32.1 Å². The van der Waals surface area contributed by atoms with Gasteiger partial charge in [-0.25, -0.2) is 8.42 Å². The second-order valence-electron chi connectivity index (χ2n) is 8.40. The number of carbonyl (C=O) groups excluding carboxylic acids is 3. The van der Waals surface area contributed by atoms with Crippen molar-refractivity contribution in [3.63, 3.8) is 0 Å². The van der Waals surface area contributed by atoms with Crippen LogP contribution in [0.3, 0.4) is 0 Å². The molecular formula is C30H39NO6S. The summed E-state index contributed by atoms with van der Waals surface area (Å²) in [7, 11) is -4.17. The summed E-state index contributed by atoms with van der Waals surface area (Å²) in [4.78, 5) is 35.6. The summed E-state index contributed by atoms with van der Waals surface area (Å²) in [6.07, 6.45) is 26.8. The predicted molar refractivity (Wildman–Crippen MR) is 152 cm³/mol. The minimum atomic E-state index is -4.17. The van der Waals surface area contributed by atoms with Crippen molar-refractivity contribution in [1.82, 2.24) is 4.72 Å². The van der Waals surface area contributed by atoms with Crippen LogP contribution in [-0.4, -0.2) is 31.8 Å². The van der Waals surface area contributed by atoms with Gasteiger partial charge in [-0.15, -0.1) is 0 Å². The first kappa shape index (κ1) is 32.5. The van der Waals surface area contributed by atoms with Crippen LogP contribution in [0.5, 0.6) is 5.75 Å². The Labute approximate surface area is 227 Å². The number of nitrogens with one attached hydrogen (secondary N) is 1. The molecule has 0 aliphatic carbocycles. The van der Waals surface area contributed by atoms with Crippen LogP contribution < -0.4 is 9.46 Å². The summed E-state index contributed by atoms with van der Waals surface area (Å²) in [6, 6.07) is 5.85. The van der Waals surface area contributed by atoms with Crippen molar-refractivity contribution in [2.75, 3.05) is 5.75 Å². The zero-order valence-corrected chi connectivity index (χ0v) is 23.1. The van der Waals surface area contributed by atoms with Crippen molar-refractivity contribution in [1.29, 1.82) is 0 Å². The number of ketones is 1. The van der Waals surface area contributed by atoms with E-state index in [1.807, 2.05) is 16.9 Å². The number of para-hydroxylation sites is 1. The minimum absolute atomic E-state index is 0.0196. The third kappa shape index (κ3) is 16.3. The Hall–Kier alpha value is -3.52. The second kappa shape index (κ2) is 19.6. The number of hydrogen-bond acceptors (Lipinski definition) is 6. The number of esters is 1. The standard InChI is InChI=1S/C30H39NO6S/c1-3-4-5-6-7-8-9-10-11-12-13-14-15-16-17-18-19-24-30(34)31-38(35,36)25-28(33)27-22-20-21-23-29(27)37-26(2)32/h4-5,7-8,10-11,13-14,16-17,20-23H,3,6,9,12,15,18-19,24-25H2,1-2H3,(H,31,34). The fraction of sp³-hybridized carbons (Fsp3) is 0.367. The van der Waals surface area contributed by atoms with Gasteiger partial charge in [-0.1, -0.05) is 79.8 Å². The highest BCUT2D eigenvalue weighted by Crippen LogP contribution is 2.19. The Kier molecular flexibility index (Phi) is 16.7. The molecule has 206 valence electrons. The van der Waals surface area contributed by atoms with Crippen molar-refractivity contribution in [2.45, 2.75) is 65.2 Å². The monoisotopic (exact) mass is 541 g/mol. The molecule has 0 unspecified atom stereocenters. The topological polar surface area (TPSA) is 107 Å². The number of hydrogen-bond donors (Lipinski definition) is 1. The summed E-state index contributed by atoms with van der Waals surface area (Å²) in [5, 5.41) is 0. The van der Waals surface area contributed by atoms with Crippen LogP contribution in [0.2, 0.25) is 0 Å². The lowest BCUT2D eigenvalue weighted by Gasteiger charge is -2.09. The molecule has 0 aliphatic heterocycles. The van der Waals surface area contributed by atoms with Crippen LogP contribution >= 0.6 is 0 Å². The largest absolute Gasteiger partial charge is 0.426 e. The van der Waals surface area contributed by atoms with Gasteiger partial charge in [-0.05, 0) is 57.1 Å². The maximum atomic E-state index is 12.4. The van der Waals surface area contributed by atoms with E-state index in [4.69, 9.17) is 4.74 Å². The maximum Gasteiger partial charge on any atom is 0.308 e. The Bertz CT molecular complexity index is 1140. The molecule has 1 N–H and O–H groups in total. The molecule has 0 saturated carbocycles. The second-order valence-corrected chi connectivity index (χ2v) is 10.1. The van der Waals surface area contributed by atoms with E-state index in [2.05, 4.69) is 55.5 Å². The molecule has 0 spiro atoms. The molecular weight excluding hydrogens is 502 g/mol. The third-order valence-corrected chi connectivity index (χ3v) is 6.14. The number of sulfonamides is 1. The molecule has 0 radical (unpaired) electrons. The summed E-state index contributed by atoms with van der Waals surface area (Å²) < 4.78 is 31.4. The van der Waals surface area contributed by atoms with Crippen LogP contribution in [0.4, 0.5) is 0 Å². The lowest BCUT2D eigenvalue weighted by atomic mass is 10.1. The zero-order valence-electron chi connectivity index (χ0n) is 22.3. The van der Waals surface area contributed by atoms with Crippen molar-refractivity contribution < 1.29 is 27.5 Å². The zero-order chi connectivity index (χ0) is 28.1. The highest BCUT2D eigenvalue weighted by molar-refractivity contribution is 7.90. The average molecular weight is 542 g/mol. The highest BCUT2D eigenvalue weighted by atomic mass is 32.2. The molecule has 0 bridgehead atoms. The normalized spacial score (nSPS) is 12.4. The van der Waals surface area contributed by atoms with Gasteiger partial charge in [-0.3, -0.25) is 19.1 Å². The Balaban J connectivity index is 2.26. The number of carbonyl (C=O) groups is 3. The molecule has 8 heteroatoms. The number of unbranched alkanes of at least 4 members (excludes halogenated alkanes) is 1. The molecule has 0 heterocycles. The molecule has 0 atom stereocenters. The van der Waals surface area contributed by atoms with Gasteiger partial charge in [-0.2, -0.15) is 0 Å². The number of ether oxygens (including phenoxy) is 1. The number of allylic oxidation sites excluding steroid dienone is 10. The fourth-order valence-corrected chi connectivity index (χ4v) is 4.22. The predicted octanol–water partition coefficient (Wildman–Crippen LogP) is 6.16. The quantitative estimate of drug-likeness (QED) is 0.0784. The van der Waals surface area contributed by atoms with Crippen LogP contribution in [0.25, 0.3) is 0 Å². The van der Waals surface area contributed by atoms with E-state index in [1.54, 1.807) is 6.07 Å². The van der Waals surface area contributed by atoms with Crippen molar-refractivity contribution >= 4 is 27.7 Å². The van der Waals surface area contributed by atoms with Gasteiger partial charge in [0.05, 0.1) is 5.56 Å². The Morgan fingerprint density at radius 3 is 1.89 bits per heavy atom. The maximum absolute atomic E-state index is 12.4. The number of Topliss-reactive ketones (excluding diaryl/α,β-unsaturated/α-hetero) is 1. The summed E-state index contributed by atoms with van der Waals surface area (Å²) in [5.74, 6) is -3.02. The van der Waals surface area contributed by atoms with E-state index < -0.39 is 33.4 Å². The van der Waals surface area contributed by atoms with Gasteiger partial charge >= 0.3 is 5.97 Å². The van der Waals surface area contributed by atoms with E-state index in [9.17, 15) is 22.8 Å². The first-order chi connectivity index (χ1) is 18.2. The summed E-state index contributed by atoms with van der Waals surface area (Å²) in [6.45, 7) is 3.30. The first-order valence-corrected chi connectivity index (χ1v) is 14.5. The lowest BCUT2D eigenvalue weighted by molar-refractivity contribution is -0.131. The van der Waals surface area contributed by atoms with E-state index >= 15 is 0 Å². The smallest absolute Gasteiger partial charge is 0.308 e. The summed E-state index contributed by atoms with van der Waals surface area (Å²) in [5.41, 5.74) is -0.0427. The van der Waals surface area contributed by atoms with Crippen molar-refractivity contribution in [3.05, 3.63) is 90.6 Å². The molecule has 1 amide bonds. The Morgan fingerprint density at radius 1 is 0.816 bits per heavy atom. The third-order valence-electron chi connectivity index (χ3n) is 4.96. The molecule has 0 aromatic heterocycles. The van der Waals surface area contributed by atoms with Crippen LogP contribution in [0.1, 0.15) is 75.6 Å². The lowest BCUT2D eigenvalue weighted by Crippen LogP contribution is -2.35. The SMILES string of the molecule is CCC=CCC=CCC=CCC=CCC=CCCCC(=O)NS(=O)(=O)CC(=O)c1ccccc1OC(C)=O. The molecule has 38 heavy (non-hydrogen) atoms. The fourth-order valence-electron chi connectivity index (χ4n) is 3.20. The first-order valence-electron chi connectivity index (χ1n) is 12.8. The van der Waals surface area contributed by atoms with Crippen LogP contribution in [-0.2, 0) is 19.6 Å².